The van der Waals surface area contributed by atoms with Gasteiger partial charge in [-0.25, -0.2) is 0 Å². The second-order valence-electron chi connectivity index (χ2n) is 4.72. The van der Waals surface area contributed by atoms with Gasteiger partial charge in [-0.15, -0.1) is 0 Å². The summed E-state index contributed by atoms with van der Waals surface area (Å²) < 4.78 is 0. The van der Waals surface area contributed by atoms with Crippen LogP contribution in [0.15, 0.2) is 48.7 Å². The average Bonchev–Trinajstić information content (AvgIpc) is 2.48. The zero-order valence-corrected chi connectivity index (χ0v) is 11.5. The number of nitro groups is 1. The lowest BCUT2D eigenvalue weighted by Crippen LogP contribution is -2.23. The zero-order chi connectivity index (χ0) is 14.5. The van der Waals surface area contributed by atoms with Gasteiger partial charge in [0.25, 0.3) is 5.69 Å². The van der Waals surface area contributed by atoms with Crippen molar-refractivity contribution >= 4 is 5.69 Å². The first-order chi connectivity index (χ1) is 9.58. The van der Waals surface area contributed by atoms with Gasteiger partial charge in [-0.3, -0.25) is 15.1 Å². The molecule has 1 heterocycles. The molecule has 0 saturated heterocycles. The van der Waals surface area contributed by atoms with Crippen molar-refractivity contribution in [2.75, 3.05) is 0 Å². The van der Waals surface area contributed by atoms with Crippen molar-refractivity contribution < 1.29 is 4.92 Å². The third-order valence-electron chi connectivity index (χ3n) is 3.21. The van der Waals surface area contributed by atoms with Crippen LogP contribution in [-0.2, 0) is 0 Å². The number of non-ortho nitro benzene ring substituents is 1. The minimum absolute atomic E-state index is 0.00639. The highest BCUT2D eigenvalue weighted by Crippen LogP contribution is 2.21. The topological polar surface area (TPSA) is 68.1 Å². The van der Waals surface area contributed by atoms with Crippen LogP contribution >= 0.6 is 0 Å². The van der Waals surface area contributed by atoms with Crippen LogP contribution in [0.5, 0.6) is 0 Å². The molecule has 0 amide bonds. The molecule has 0 saturated carbocycles. The van der Waals surface area contributed by atoms with Crippen molar-refractivity contribution in [2.45, 2.75) is 25.9 Å². The van der Waals surface area contributed by atoms with Crippen molar-refractivity contribution in [1.82, 2.24) is 10.3 Å². The fourth-order valence-corrected chi connectivity index (χ4v) is 2.10. The average molecular weight is 271 g/mol. The number of hydrogen-bond donors (Lipinski definition) is 1. The highest BCUT2D eigenvalue weighted by atomic mass is 16.6. The number of benzene rings is 1. The fourth-order valence-electron chi connectivity index (χ4n) is 2.10. The fraction of sp³-hybridized carbons (Fsp3) is 0.267. The van der Waals surface area contributed by atoms with E-state index in [1.807, 2.05) is 38.1 Å². The van der Waals surface area contributed by atoms with E-state index >= 15 is 0 Å². The Morgan fingerprint density at radius 1 is 1.15 bits per heavy atom. The Morgan fingerprint density at radius 3 is 2.60 bits per heavy atom. The summed E-state index contributed by atoms with van der Waals surface area (Å²) in [5, 5.41) is 14.2. The molecule has 0 aliphatic carbocycles. The smallest absolute Gasteiger partial charge is 0.269 e. The Hall–Kier alpha value is -2.27. The van der Waals surface area contributed by atoms with Crippen molar-refractivity contribution in [3.8, 4) is 0 Å². The van der Waals surface area contributed by atoms with Gasteiger partial charge < -0.3 is 5.32 Å². The van der Waals surface area contributed by atoms with E-state index in [1.165, 1.54) is 6.07 Å². The molecule has 0 aliphatic rings. The zero-order valence-electron chi connectivity index (χ0n) is 11.5. The van der Waals surface area contributed by atoms with Crippen LogP contribution in [0.4, 0.5) is 5.69 Å². The molecule has 0 spiro atoms. The maximum Gasteiger partial charge on any atom is 0.269 e. The van der Waals surface area contributed by atoms with Crippen molar-refractivity contribution in [1.29, 1.82) is 0 Å². The van der Waals surface area contributed by atoms with Gasteiger partial charge in [0.1, 0.15) is 0 Å². The lowest BCUT2D eigenvalue weighted by atomic mass is 10.1. The van der Waals surface area contributed by atoms with Gasteiger partial charge in [-0.2, -0.15) is 0 Å². The lowest BCUT2D eigenvalue weighted by molar-refractivity contribution is -0.384. The Morgan fingerprint density at radius 2 is 1.95 bits per heavy atom. The molecule has 1 N–H and O–H groups in total. The largest absolute Gasteiger partial charge is 0.302 e. The van der Waals surface area contributed by atoms with Gasteiger partial charge in [0.05, 0.1) is 10.6 Å². The summed E-state index contributed by atoms with van der Waals surface area (Å²) in [6.45, 7) is 4.01. The number of aromatic nitrogens is 1. The quantitative estimate of drug-likeness (QED) is 0.668. The summed E-state index contributed by atoms with van der Waals surface area (Å²) in [5.41, 5.74) is 1.95. The van der Waals surface area contributed by atoms with Crippen LogP contribution in [0.1, 0.15) is 37.2 Å². The number of nitrogens with zero attached hydrogens (tertiary/aromatic N) is 2. The van der Waals surface area contributed by atoms with Gasteiger partial charge in [-0.05, 0) is 31.5 Å². The number of rotatable bonds is 5. The van der Waals surface area contributed by atoms with Crippen molar-refractivity contribution in [3.05, 3.63) is 70.0 Å². The summed E-state index contributed by atoms with van der Waals surface area (Å²) >= 11 is 0. The van der Waals surface area contributed by atoms with Crippen molar-refractivity contribution in [2.24, 2.45) is 0 Å². The van der Waals surface area contributed by atoms with E-state index in [9.17, 15) is 10.1 Å². The first-order valence-corrected chi connectivity index (χ1v) is 6.49. The molecule has 2 aromatic rings. The Bertz CT molecular complexity index is 587. The number of nitrogens with one attached hydrogen (secondary N) is 1. The molecule has 20 heavy (non-hydrogen) atoms. The van der Waals surface area contributed by atoms with E-state index < -0.39 is 0 Å². The summed E-state index contributed by atoms with van der Waals surface area (Å²) in [6.07, 6.45) is 1.76. The summed E-state index contributed by atoms with van der Waals surface area (Å²) in [5.74, 6) is 0. The van der Waals surface area contributed by atoms with E-state index in [0.29, 0.717) is 0 Å². The van der Waals surface area contributed by atoms with Crippen molar-refractivity contribution in [3.63, 3.8) is 0 Å². The lowest BCUT2D eigenvalue weighted by Gasteiger charge is -2.19. The number of pyridine rings is 1. The Kier molecular flexibility index (Phi) is 4.42. The third kappa shape index (κ3) is 3.39. The number of nitro benzene ring substituents is 1. The predicted molar refractivity (Wildman–Crippen MR) is 77.3 cm³/mol. The number of hydrogen-bond acceptors (Lipinski definition) is 4. The van der Waals surface area contributed by atoms with Crippen LogP contribution in [0.2, 0.25) is 0 Å². The Labute approximate surface area is 117 Å². The van der Waals surface area contributed by atoms with Gasteiger partial charge in [0, 0.05) is 30.4 Å². The van der Waals surface area contributed by atoms with Crippen LogP contribution in [0, 0.1) is 10.1 Å². The maximum absolute atomic E-state index is 10.8. The highest BCUT2D eigenvalue weighted by Gasteiger charge is 2.14. The summed E-state index contributed by atoms with van der Waals surface area (Å²) in [4.78, 5) is 14.7. The second-order valence-corrected chi connectivity index (χ2v) is 4.72. The molecule has 1 aromatic heterocycles. The molecular formula is C15H17N3O2. The van der Waals surface area contributed by atoms with E-state index in [1.54, 1.807) is 18.3 Å². The molecule has 0 bridgehead atoms. The summed E-state index contributed by atoms with van der Waals surface area (Å²) in [6, 6.07) is 12.5. The van der Waals surface area contributed by atoms with Crippen LogP contribution < -0.4 is 5.32 Å². The van der Waals surface area contributed by atoms with E-state index in [2.05, 4.69) is 10.3 Å². The van der Waals surface area contributed by atoms with E-state index in [4.69, 9.17) is 0 Å². The Balaban J connectivity index is 2.10. The van der Waals surface area contributed by atoms with Gasteiger partial charge >= 0.3 is 0 Å². The van der Waals surface area contributed by atoms with Gasteiger partial charge in [-0.1, -0.05) is 18.2 Å². The SMILES string of the molecule is CC(N[C@@H](C)c1ccccn1)c1cccc([N+](=O)[O-])c1. The van der Waals surface area contributed by atoms with Gasteiger partial charge in [0.15, 0.2) is 0 Å². The second kappa shape index (κ2) is 6.25. The highest BCUT2D eigenvalue weighted by molar-refractivity contribution is 5.35. The molecule has 2 rings (SSSR count). The minimum atomic E-state index is -0.377. The molecule has 5 heteroatoms. The van der Waals surface area contributed by atoms with E-state index in [-0.39, 0.29) is 22.7 Å². The minimum Gasteiger partial charge on any atom is -0.302 e. The maximum atomic E-state index is 10.8. The van der Waals surface area contributed by atoms with Gasteiger partial charge in [0.2, 0.25) is 0 Å². The van der Waals surface area contributed by atoms with Crippen LogP contribution in [-0.4, -0.2) is 9.91 Å². The molecule has 5 nitrogen and oxygen atoms in total. The normalized spacial score (nSPS) is 13.7. The predicted octanol–water partition coefficient (Wildman–Crippen LogP) is 3.40. The van der Waals surface area contributed by atoms with E-state index in [0.717, 1.165) is 11.3 Å². The molecule has 0 aliphatic heterocycles. The third-order valence-corrected chi connectivity index (χ3v) is 3.21. The standard InChI is InChI=1S/C15H17N3O2/c1-11(13-6-5-7-14(10-13)18(19)20)17-12(2)15-8-3-4-9-16-15/h3-12,17H,1-2H3/t11?,12-/m0/s1. The molecule has 0 radical (unpaired) electrons. The molecule has 1 unspecified atom stereocenters. The summed E-state index contributed by atoms with van der Waals surface area (Å²) in [7, 11) is 0. The van der Waals surface area contributed by atoms with Crippen LogP contribution in [0.25, 0.3) is 0 Å². The molecule has 1 aromatic carbocycles. The first kappa shape index (κ1) is 14.1. The monoisotopic (exact) mass is 271 g/mol. The molecule has 2 atom stereocenters. The molecule has 104 valence electrons. The molecule has 0 fully saturated rings. The van der Waals surface area contributed by atoms with Crippen LogP contribution in [0.3, 0.4) is 0 Å². The molecular weight excluding hydrogens is 254 g/mol. The first-order valence-electron chi connectivity index (χ1n) is 6.49.